The normalized spacial score (nSPS) is 21.8. The Bertz CT molecular complexity index is 354. The third-order valence-corrected chi connectivity index (χ3v) is 3.26. The van der Waals surface area contributed by atoms with Gasteiger partial charge in [-0.3, -0.25) is 0 Å². The maximum Gasteiger partial charge on any atom is 0.0654 e. The lowest BCUT2D eigenvalue weighted by Gasteiger charge is -2.36. The fourth-order valence-corrected chi connectivity index (χ4v) is 2.43. The van der Waals surface area contributed by atoms with Crippen molar-refractivity contribution in [2.24, 2.45) is 0 Å². The lowest BCUT2D eigenvalue weighted by molar-refractivity contribution is 0.501. The van der Waals surface area contributed by atoms with Gasteiger partial charge < -0.3 is 10.2 Å². The van der Waals surface area contributed by atoms with Gasteiger partial charge in [0.2, 0.25) is 0 Å². The first-order valence-corrected chi connectivity index (χ1v) is 5.86. The second-order valence-electron chi connectivity index (χ2n) is 3.84. The molecule has 1 aliphatic rings. The van der Waals surface area contributed by atoms with Gasteiger partial charge in [0.15, 0.2) is 0 Å². The Hall–Kier alpha value is -0.440. The zero-order valence-corrected chi connectivity index (χ0v) is 10.1. The highest BCUT2D eigenvalue weighted by Crippen LogP contribution is 2.30. The van der Waals surface area contributed by atoms with Crippen LogP contribution in [0.1, 0.15) is 6.92 Å². The molecule has 1 aliphatic heterocycles. The van der Waals surface area contributed by atoms with E-state index in [2.05, 4.69) is 17.1 Å². The van der Waals surface area contributed by atoms with Crippen molar-refractivity contribution in [3.63, 3.8) is 0 Å². The van der Waals surface area contributed by atoms with Crippen molar-refractivity contribution in [3.05, 3.63) is 28.2 Å². The zero-order chi connectivity index (χ0) is 10.8. The number of halogens is 2. The molecule has 1 aromatic rings. The summed E-state index contributed by atoms with van der Waals surface area (Å²) in [5.41, 5.74) is 1.08. The van der Waals surface area contributed by atoms with Gasteiger partial charge in [0.25, 0.3) is 0 Å². The lowest BCUT2D eigenvalue weighted by atomic mass is 10.2. The third-order valence-electron chi connectivity index (χ3n) is 2.72. The fourth-order valence-electron chi connectivity index (χ4n) is 1.91. The summed E-state index contributed by atoms with van der Waals surface area (Å²) in [5.74, 6) is 0. The van der Waals surface area contributed by atoms with Crippen LogP contribution in [-0.2, 0) is 0 Å². The summed E-state index contributed by atoms with van der Waals surface area (Å²) < 4.78 is 0. The molecule has 4 heteroatoms. The molecular formula is C11H14Cl2N2. The highest BCUT2D eigenvalue weighted by Gasteiger charge is 2.19. The van der Waals surface area contributed by atoms with Crippen LogP contribution in [0.15, 0.2) is 18.2 Å². The minimum Gasteiger partial charge on any atom is -0.365 e. The van der Waals surface area contributed by atoms with E-state index in [1.807, 2.05) is 12.1 Å². The first kappa shape index (κ1) is 11.1. The van der Waals surface area contributed by atoms with Crippen LogP contribution in [0.3, 0.4) is 0 Å². The average Bonchev–Trinajstić information content (AvgIpc) is 2.20. The Morgan fingerprint density at radius 1 is 1.40 bits per heavy atom. The summed E-state index contributed by atoms with van der Waals surface area (Å²) in [5, 5.41) is 4.77. The largest absolute Gasteiger partial charge is 0.365 e. The Kier molecular flexibility index (Phi) is 3.39. The van der Waals surface area contributed by atoms with Crippen LogP contribution >= 0.6 is 23.2 Å². The molecule has 1 atom stereocenters. The fraction of sp³-hybridized carbons (Fsp3) is 0.455. The molecule has 0 aromatic heterocycles. The standard InChI is InChI=1S/C11H14Cl2N2/c1-8-7-14-4-5-15(8)11-3-2-9(12)6-10(11)13/h2-3,6,8,14H,4-5,7H2,1H3/t8-/m1/s1. The van der Waals surface area contributed by atoms with Crippen molar-refractivity contribution >= 4 is 28.9 Å². The van der Waals surface area contributed by atoms with E-state index >= 15 is 0 Å². The van der Waals surface area contributed by atoms with Gasteiger partial charge in [0.05, 0.1) is 10.7 Å². The van der Waals surface area contributed by atoms with Crippen LogP contribution < -0.4 is 10.2 Å². The average molecular weight is 245 g/mol. The number of nitrogens with one attached hydrogen (secondary N) is 1. The Balaban J connectivity index is 2.27. The molecule has 0 unspecified atom stereocenters. The first-order valence-electron chi connectivity index (χ1n) is 5.11. The quantitative estimate of drug-likeness (QED) is 0.818. The van der Waals surface area contributed by atoms with Crippen LogP contribution in [-0.4, -0.2) is 25.7 Å². The molecule has 0 radical (unpaired) electrons. The smallest absolute Gasteiger partial charge is 0.0654 e. The maximum atomic E-state index is 6.18. The molecule has 1 fully saturated rings. The molecule has 2 rings (SSSR count). The Morgan fingerprint density at radius 2 is 2.20 bits per heavy atom. The second kappa shape index (κ2) is 4.60. The molecule has 1 heterocycles. The van der Waals surface area contributed by atoms with Crippen molar-refractivity contribution in [3.8, 4) is 0 Å². The maximum absolute atomic E-state index is 6.18. The molecule has 15 heavy (non-hydrogen) atoms. The van der Waals surface area contributed by atoms with Gasteiger partial charge in [0, 0.05) is 30.7 Å². The molecule has 2 nitrogen and oxygen atoms in total. The number of rotatable bonds is 1. The minimum atomic E-state index is 0.470. The van der Waals surface area contributed by atoms with Crippen LogP contribution in [0.25, 0.3) is 0 Å². The molecule has 0 bridgehead atoms. The molecule has 0 spiro atoms. The van der Waals surface area contributed by atoms with E-state index in [9.17, 15) is 0 Å². The molecule has 0 amide bonds. The van der Waals surface area contributed by atoms with Crippen LogP contribution in [0.5, 0.6) is 0 Å². The van der Waals surface area contributed by atoms with Gasteiger partial charge in [0.1, 0.15) is 0 Å². The van der Waals surface area contributed by atoms with Crippen LogP contribution in [0.2, 0.25) is 10.0 Å². The highest BCUT2D eigenvalue weighted by molar-refractivity contribution is 6.36. The van der Waals surface area contributed by atoms with Crippen molar-refractivity contribution in [1.82, 2.24) is 5.32 Å². The number of nitrogens with zero attached hydrogens (tertiary/aromatic N) is 1. The zero-order valence-electron chi connectivity index (χ0n) is 8.63. The van der Waals surface area contributed by atoms with Gasteiger partial charge in [-0.1, -0.05) is 23.2 Å². The number of anilines is 1. The third kappa shape index (κ3) is 2.39. The van der Waals surface area contributed by atoms with Crippen LogP contribution in [0.4, 0.5) is 5.69 Å². The summed E-state index contributed by atoms with van der Waals surface area (Å²) in [4.78, 5) is 2.31. The SMILES string of the molecule is C[C@@H]1CNCCN1c1ccc(Cl)cc1Cl. The predicted octanol–water partition coefficient (Wildman–Crippen LogP) is 2.79. The monoisotopic (exact) mass is 244 g/mol. The summed E-state index contributed by atoms with van der Waals surface area (Å²) in [6, 6.07) is 6.15. The summed E-state index contributed by atoms with van der Waals surface area (Å²) in [7, 11) is 0. The van der Waals surface area contributed by atoms with E-state index in [1.54, 1.807) is 6.07 Å². The predicted molar refractivity (Wildman–Crippen MR) is 66.1 cm³/mol. The van der Waals surface area contributed by atoms with E-state index in [1.165, 1.54) is 0 Å². The lowest BCUT2D eigenvalue weighted by Crippen LogP contribution is -2.50. The summed E-state index contributed by atoms with van der Waals surface area (Å²) in [6.45, 7) is 5.18. The van der Waals surface area contributed by atoms with Crippen molar-refractivity contribution in [2.75, 3.05) is 24.5 Å². The molecule has 1 aromatic carbocycles. The molecule has 1 N–H and O–H groups in total. The topological polar surface area (TPSA) is 15.3 Å². The second-order valence-corrected chi connectivity index (χ2v) is 4.69. The van der Waals surface area contributed by atoms with Gasteiger partial charge >= 0.3 is 0 Å². The van der Waals surface area contributed by atoms with E-state index in [-0.39, 0.29) is 0 Å². The minimum absolute atomic E-state index is 0.470. The number of hydrogen-bond donors (Lipinski definition) is 1. The van der Waals surface area contributed by atoms with Gasteiger partial charge in [-0.15, -0.1) is 0 Å². The number of benzene rings is 1. The Labute approximate surface area is 100 Å². The van der Waals surface area contributed by atoms with Gasteiger partial charge in [-0.25, -0.2) is 0 Å². The highest BCUT2D eigenvalue weighted by atomic mass is 35.5. The molecule has 1 saturated heterocycles. The van der Waals surface area contributed by atoms with E-state index in [4.69, 9.17) is 23.2 Å². The number of piperazine rings is 1. The van der Waals surface area contributed by atoms with Gasteiger partial charge in [-0.05, 0) is 25.1 Å². The summed E-state index contributed by atoms with van der Waals surface area (Å²) >= 11 is 12.1. The van der Waals surface area contributed by atoms with Crippen LogP contribution in [0, 0.1) is 0 Å². The molecule has 82 valence electrons. The van der Waals surface area contributed by atoms with E-state index in [0.29, 0.717) is 11.1 Å². The first-order chi connectivity index (χ1) is 7.18. The van der Waals surface area contributed by atoms with Crippen molar-refractivity contribution in [2.45, 2.75) is 13.0 Å². The van der Waals surface area contributed by atoms with E-state index < -0.39 is 0 Å². The summed E-state index contributed by atoms with van der Waals surface area (Å²) in [6.07, 6.45) is 0. The van der Waals surface area contributed by atoms with Crippen molar-refractivity contribution in [1.29, 1.82) is 0 Å². The number of hydrogen-bond acceptors (Lipinski definition) is 2. The van der Waals surface area contributed by atoms with Crippen molar-refractivity contribution < 1.29 is 0 Å². The Morgan fingerprint density at radius 3 is 2.87 bits per heavy atom. The van der Waals surface area contributed by atoms with Gasteiger partial charge in [-0.2, -0.15) is 0 Å². The molecular weight excluding hydrogens is 231 g/mol. The molecule has 0 aliphatic carbocycles. The van der Waals surface area contributed by atoms with E-state index in [0.717, 1.165) is 30.3 Å². The molecule has 0 saturated carbocycles.